The van der Waals surface area contributed by atoms with Gasteiger partial charge in [-0.15, -0.1) is 0 Å². The molecule has 1 atom stereocenters. The predicted molar refractivity (Wildman–Crippen MR) is 126 cm³/mol. The van der Waals surface area contributed by atoms with Crippen LogP contribution in [0.15, 0.2) is 53.2 Å². The lowest BCUT2D eigenvalue weighted by atomic mass is 10.2. The lowest BCUT2D eigenvalue weighted by Crippen LogP contribution is -2.35. The Balaban J connectivity index is 1.98. The van der Waals surface area contributed by atoms with Crippen LogP contribution in [0.4, 0.5) is 5.69 Å². The second-order valence-electron chi connectivity index (χ2n) is 6.73. The molecule has 0 bridgehead atoms. The smallest absolute Gasteiger partial charge is 0.283 e. The molecule has 1 aliphatic heterocycles. The topological polar surface area (TPSA) is 61.8 Å². The molecule has 5 nitrogen and oxygen atoms in total. The molecule has 0 aliphatic carbocycles. The molecule has 1 heterocycles. The first kappa shape index (κ1) is 22.4. The first-order valence-electron chi connectivity index (χ1n) is 9.41. The summed E-state index contributed by atoms with van der Waals surface area (Å²) in [4.78, 5) is 31.5. The van der Waals surface area contributed by atoms with Crippen LogP contribution in [-0.4, -0.2) is 28.8 Å². The van der Waals surface area contributed by atoms with Crippen molar-refractivity contribution >= 4 is 63.7 Å². The summed E-state index contributed by atoms with van der Waals surface area (Å²) in [5.74, 6) is -0.376. The molecule has 8 heteroatoms. The monoisotopic (exact) mass is 461 g/mol. The lowest BCUT2D eigenvalue weighted by Gasteiger charge is -2.20. The van der Waals surface area contributed by atoms with E-state index >= 15 is 0 Å². The number of anilines is 1. The number of carbonyl (C=O) groups excluding carboxylic acids is 2. The van der Waals surface area contributed by atoms with Gasteiger partial charge in [-0.05, 0) is 56.7 Å². The predicted octanol–water partition coefficient (Wildman–Crippen LogP) is 5.30. The first-order chi connectivity index (χ1) is 14.3. The van der Waals surface area contributed by atoms with Gasteiger partial charge in [-0.3, -0.25) is 14.5 Å². The summed E-state index contributed by atoms with van der Waals surface area (Å²) in [5.41, 5.74) is 2.75. The van der Waals surface area contributed by atoms with Crippen molar-refractivity contribution in [3.05, 3.63) is 69.3 Å². The highest BCUT2D eigenvalue weighted by atomic mass is 35.5. The van der Waals surface area contributed by atoms with Crippen molar-refractivity contribution in [2.45, 2.75) is 26.0 Å². The molecule has 0 saturated carbocycles. The van der Waals surface area contributed by atoms with Gasteiger partial charge < -0.3 is 5.32 Å². The van der Waals surface area contributed by atoms with Gasteiger partial charge in [-0.2, -0.15) is 0 Å². The number of nitrogens with one attached hydrogen (secondary N) is 1. The molecular weight excluding hydrogens is 441 g/mol. The minimum atomic E-state index is -0.409. The third-order valence-corrected chi connectivity index (χ3v) is 6.16. The van der Waals surface area contributed by atoms with Gasteiger partial charge in [0.1, 0.15) is 5.70 Å². The van der Waals surface area contributed by atoms with Crippen LogP contribution in [0.3, 0.4) is 0 Å². The van der Waals surface area contributed by atoms with Crippen molar-refractivity contribution in [1.29, 1.82) is 0 Å². The van der Waals surface area contributed by atoms with Gasteiger partial charge in [0, 0.05) is 6.54 Å². The zero-order chi connectivity index (χ0) is 21.8. The minimum Gasteiger partial charge on any atom is -0.355 e. The highest BCUT2D eigenvalue weighted by Crippen LogP contribution is 2.32. The van der Waals surface area contributed by atoms with Gasteiger partial charge in [-0.25, -0.2) is 4.99 Å². The zero-order valence-corrected chi connectivity index (χ0v) is 19.1. The lowest BCUT2D eigenvalue weighted by molar-refractivity contribution is -0.120. The summed E-state index contributed by atoms with van der Waals surface area (Å²) in [6, 6.07) is 12.7. The summed E-state index contributed by atoms with van der Waals surface area (Å²) >= 11 is 13.3. The summed E-state index contributed by atoms with van der Waals surface area (Å²) in [6.45, 7) is 6.17. The van der Waals surface area contributed by atoms with E-state index in [1.807, 2.05) is 38.1 Å². The number of hydrogen-bond acceptors (Lipinski definition) is 4. The van der Waals surface area contributed by atoms with Crippen LogP contribution in [0.25, 0.3) is 6.08 Å². The Morgan fingerprint density at radius 1 is 1.20 bits per heavy atom. The van der Waals surface area contributed by atoms with Crippen LogP contribution in [0.5, 0.6) is 0 Å². The number of nitrogens with zero attached hydrogens (tertiary/aromatic N) is 2. The molecule has 1 N–H and O–H groups in total. The quantitative estimate of drug-likeness (QED) is 0.614. The van der Waals surface area contributed by atoms with E-state index in [1.54, 1.807) is 31.2 Å². The van der Waals surface area contributed by atoms with E-state index in [-0.39, 0.29) is 17.5 Å². The Hall–Kier alpha value is -2.28. The maximum absolute atomic E-state index is 13.2. The van der Waals surface area contributed by atoms with Gasteiger partial charge in [0.05, 0.1) is 21.0 Å². The molecule has 30 heavy (non-hydrogen) atoms. The van der Waals surface area contributed by atoms with Crippen molar-refractivity contribution < 1.29 is 9.59 Å². The standard InChI is InChI=1S/C22H21Cl2N3O2S/c1-4-25-20(28)14(3)30-22-26-19(12-15-7-10-17(23)18(24)11-15)21(29)27(22)16-8-5-13(2)6-9-16/h5-12,14H,4H2,1-3H3,(H,25,28)/b19-12-. The number of carbonyl (C=O) groups is 2. The van der Waals surface area contributed by atoms with Crippen LogP contribution in [0.2, 0.25) is 10.0 Å². The number of aryl methyl sites for hydroxylation is 1. The molecule has 2 aromatic carbocycles. The van der Waals surface area contributed by atoms with E-state index in [4.69, 9.17) is 23.2 Å². The number of amides is 2. The maximum atomic E-state index is 13.2. The SMILES string of the molecule is CCNC(=O)C(C)SC1=N/C(=C\c2ccc(Cl)c(Cl)c2)C(=O)N1c1ccc(C)cc1. The average molecular weight is 462 g/mol. The number of amidine groups is 1. The van der Waals surface area contributed by atoms with Gasteiger partial charge >= 0.3 is 0 Å². The van der Waals surface area contributed by atoms with Gasteiger partial charge in [0.15, 0.2) is 5.17 Å². The van der Waals surface area contributed by atoms with E-state index in [9.17, 15) is 9.59 Å². The molecular formula is C22H21Cl2N3O2S. The number of hydrogen-bond donors (Lipinski definition) is 1. The van der Waals surface area contributed by atoms with E-state index in [2.05, 4.69) is 10.3 Å². The molecule has 2 amide bonds. The average Bonchev–Trinajstić information content (AvgIpc) is 3.00. The largest absolute Gasteiger partial charge is 0.355 e. The minimum absolute atomic E-state index is 0.108. The number of rotatable bonds is 5. The Morgan fingerprint density at radius 2 is 1.90 bits per heavy atom. The number of thioether (sulfide) groups is 1. The Bertz CT molecular complexity index is 1040. The molecule has 1 aliphatic rings. The van der Waals surface area contributed by atoms with E-state index in [1.165, 1.54) is 16.7 Å². The molecule has 0 radical (unpaired) electrons. The summed E-state index contributed by atoms with van der Waals surface area (Å²) in [6.07, 6.45) is 1.66. The van der Waals surface area contributed by atoms with E-state index in [0.717, 1.165) is 5.56 Å². The summed E-state index contributed by atoms with van der Waals surface area (Å²) < 4.78 is 0. The maximum Gasteiger partial charge on any atom is 0.283 e. The van der Waals surface area contributed by atoms with Crippen LogP contribution in [-0.2, 0) is 9.59 Å². The van der Waals surface area contributed by atoms with Gasteiger partial charge in [0.2, 0.25) is 5.91 Å². The van der Waals surface area contributed by atoms with Crippen molar-refractivity contribution in [3.63, 3.8) is 0 Å². The zero-order valence-electron chi connectivity index (χ0n) is 16.8. The molecule has 0 spiro atoms. The van der Waals surface area contributed by atoms with Crippen LogP contribution in [0, 0.1) is 6.92 Å². The molecule has 2 aromatic rings. The van der Waals surface area contributed by atoms with Crippen LogP contribution in [0.1, 0.15) is 25.0 Å². The van der Waals surface area contributed by atoms with E-state index in [0.29, 0.717) is 33.0 Å². The van der Waals surface area contributed by atoms with Crippen molar-refractivity contribution in [3.8, 4) is 0 Å². The fourth-order valence-electron chi connectivity index (χ4n) is 2.79. The Labute approximate surface area is 190 Å². The van der Waals surface area contributed by atoms with Crippen molar-refractivity contribution in [2.24, 2.45) is 4.99 Å². The fraction of sp³-hybridized carbons (Fsp3) is 0.227. The molecule has 0 fully saturated rings. The number of halogens is 2. The second-order valence-corrected chi connectivity index (χ2v) is 8.85. The highest BCUT2D eigenvalue weighted by Gasteiger charge is 2.34. The molecule has 3 rings (SSSR count). The first-order valence-corrected chi connectivity index (χ1v) is 11.0. The fourth-order valence-corrected chi connectivity index (χ4v) is 4.04. The Morgan fingerprint density at radius 3 is 2.53 bits per heavy atom. The normalized spacial score (nSPS) is 16.0. The molecule has 1 unspecified atom stereocenters. The Kier molecular flexibility index (Phi) is 7.23. The molecule has 0 aromatic heterocycles. The van der Waals surface area contributed by atoms with Gasteiger partial charge in [0.25, 0.3) is 5.91 Å². The van der Waals surface area contributed by atoms with Gasteiger partial charge in [-0.1, -0.05) is 58.7 Å². The molecule has 0 saturated heterocycles. The highest BCUT2D eigenvalue weighted by molar-refractivity contribution is 8.15. The number of benzene rings is 2. The number of aliphatic imine (C=N–C) groups is 1. The second kappa shape index (κ2) is 9.69. The van der Waals surface area contributed by atoms with Crippen LogP contribution < -0.4 is 10.2 Å². The van der Waals surface area contributed by atoms with Crippen LogP contribution >= 0.6 is 35.0 Å². The van der Waals surface area contributed by atoms with E-state index < -0.39 is 5.25 Å². The third kappa shape index (κ3) is 5.06. The van der Waals surface area contributed by atoms with Crippen molar-refractivity contribution in [1.82, 2.24) is 5.32 Å². The van der Waals surface area contributed by atoms with Crippen molar-refractivity contribution in [2.75, 3.05) is 11.4 Å². The molecule has 156 valence electrons. The third-order valence-electron chi connectivity index (χ3n) is 4.37. The summed E-state index contributed by atoms with van der Waals surface area (Å²) in [7, 11) is 0. The summed E-state index contributed by atoms with van der Waals surface area (Å²) in [5, 5.41) is 3.68.